The number of nitrogens with one attached hydrogen (secondary N) is 1. The van der Waals surface area contributed by atoms with Gasteiger partial charge in [0.1, 0.15) is 11.5 Å². The number of halogens is 1. The maximum Gasteiger partial charge on any atom is 0.295 e. The molecule has 110 valence electrons. The van der Waals surface area contributed by atoms with E-state index >= 15 is 0 Å². The lowest BCUT2D eigenvalue weighted by Crippen LogP contribution is -2.30. The summed E-state index contributed by atoms with van der Waals surface area (Å²) in [7, 11) is 0. The molecule has 2 unspecified atom stereocenters. The van der Waals surface area contributed by atoms with Crippen molar-refractivity contribution in [2.75, 3.05) is 5.32 Å². The predicted molar refractivity (Wildman–Crippen MR) is 77.4 cm³/mol. The Kier molecular flexibility index (Phi) is 4.26. The number of nitro benzene ring substituents is 1. The normalized spacial score (nSPS) is 26.3. The van der Waals surface area contributed by atoms with Crippen LogP contribution in [0.4, 0.5) is 15.8 Å². The Labute approximate surface area is 118 Å². The fourth-order valence-corrected chi connectivity index (χ4v) is 3.22. The summed E-state index contributed by atoms with van der Waals surface area (Å²) in [6.45, 7) is 6.03. The van der Waals surface area contributed by atoms with Gasteiger partial charge in [0.2, 0.25) is 0 Å². The molecule has 2 atom stereocenters. The van der Waals surface area contributed by atoms with Gasteiger partial charge in [-0.2, -0.15) is 0 Å². The standard InChI is InChI=1S/C15H21FN2O2/c1-9-4-10(2)6-12(5-9)17-14-7-11(3)13(16)8-15(14)18(19)20/h7-10,12,17H,4-6H2,1-3H3. The quantitative estimate of drug-likeness (QED) is 0.664. The zero-order valence-electron chi connectivity index (χ0n) is 12.1. The van der Waals surface area contributed by atoms with Gasteiger partial charge in [0.05, 0.1) is 11.0 Å². The van der Waals surface area contributed by atoms with Gasteiger partial charge in [-0.1, -0.05) is 13.8 Å². The average molecular weight is 280 g/mol. The molecule has 20 heavy (non-hydrogen) atoms. The van der Waals surface area contributed by atoms with Crippen molar-refractivity contribution < 1.29 is 9.31 Å². The van der Waals surface area contributed by atoms with Crippen molar-refractivity contribution in [3.63, 3.8) is 0 Å². The van der Waals surface area contributed by atoms with E-state index in [2.05, 4.69) is 19.2 Å². The monoisotopic (exact) mass is 280 g/mol. The van der Waals surface area contributed by atoms with Gasteiger partial charge in [-0.3, -0.25) is 10.1 Å². The number of anilines is 1. The highest BCUT2D eigenvalue weighted by Gasteiger charge is 2.26. The molecule has 0 aromatic heterocycles. The van der Waals surface area contributed by atoms with Crippen LogP contribution in [0.5, 0.6) is 0 Å². The molecule has 1 aliphatic rings. The fourth-order valence-electron chi connectivity index (χ4n) is 3.22. The van der Waals surface area contributed by atoms with E-state index in [1.165, 1.54) is 12.5 Å². The minimum Gasteiger partial charge on any atom is -0.377 e. The van der Waals surface area contributed by atoms with E-state index in [4.69, 9.17) is 0 Å². The Hall–Kier alpha value is -1.65. The first-order valence-corrected chi connectivity index (χ1v) is 7.08. The van der Waals surface area contributed by atoms with Crippen LogP contribution >= 0.6 is 0 Å². The summed E-state index contributed by atoms with van der Waals surface area (Å²) in [5, 5.41) is 14.3. The number of benzene rings is 1. The topological polar surface area (TPSA) is 55.2 Å². The molecule has 0 saturated heterocycles. The fraction of sp³-hybridized carbons (Fsp3) is 0.600. The lowest BCUT2D eigenvalue weighted by molar-refractivity contribution is -0.384. The van der Waals surface area contributed by atoms with Gasteiger partial charge in [-0.25, -0.2) is 4.39 Å². The average Bonchev–Trinajstić information content (AvgIpc) is 2.31. The van der Waals surface area contributed by atoms with Crippen LogP contribution in [0.25, 0.3) is 0 Å². The molecule has 1 saturated carbocycles. The van der Waals surface area contributed by atoms with Gasteiger partial charge in [0, 0.05) is 6.04 Å². The number of nitro groups is 1. The Morgan fingerprint density at radius 1 is 1.25 bits per heavy atom. The van der Waals surface area contributed by atoms with Crippen LogP contribution < -0.4 is 5.32 Å². The molecule has 0 spiro atoms. The molecule has 0 aliphatic heterocycles. The van der Waals surface area contributed by atoms with E-state index in [-0.39, 0.29) is 11.7 Å². The van der Waals surface area contributed by atoms with Gasteiger partial charge >= 0.3 is 0 Å². The van der Waals surface area contributed by atoms with Crippen LogP contribution in [0.15, 0.2) is 12.1 Å². The second kappa shape index (κ2) is 5.77. The van der Waals surface area contributed by atoms with Crippen LogP contribution in [0.1, 0.15) is 38.7 Å². The summed E-state index contributed by atoms with van der Waals surface area (Å²) in [6.07, 6.45) is 3.19. The van der Waals surface area contributed by atoms with Crippen molar-refractivity contribution in [1.29, 1.82) is 0 Å². The van der Waals surface area contributed by atoms with Gasteiger partial charge < -0.3 is 5.32 Å². The number of hydrogen-bond donors (Lipinski definition) is 1. The molecule has 1 aromatic carbocycles. The lowest BCUT2D eigenvalue weighted by atomic mass is 9.80. The van der Waals surface area contributed by atoms with Crippen molar-refractivity contribution in [2.45, 2.75) is 46.1 Å². The van der Waals surface area contributed by atoms with Crippen molar-refractivity contribution in [1.82, 2.24) is 0 Å². The van der Waals surface area contributed by atoms with Gasteiger partial charge in [0.25, 0.3) is 5.69 Å². The highest BCUT2D eigenvalue weighted by molar-refractivity contribution is 5.63. The lowest BCUT2D eigenvalue weighted by Gasteiger charge is -2.32. The van der Waals surface area contributed by atoms with Crippen molar-refractivity contribution in [3.05, 3.63) is 33.6 Å². The largest absolute Gasteiger partial charge is 0.377 e. The summed E-state index contributed by atoms with van der Waals surface area (Å²) < 4.78 is 13.5. The molecule has 0 heterocycles. The van der Waals surface area contributed by atoms with Crippen LogP contribution in [-0.4, -0.2) is 11.0 Å². The van der Waals surface area contributed by atoms with Gasteiger partial charge in [-0.15, -0.1) is 0 Å². The third-order valence-electron chi connectivity index (χ3n) is 4.01. The van der Waals surface area contributed by atoms with E-state index in [0.29, 0.717) is 23.1 Å². The Morgan fingerprint density at radius 2 is 1.85 bits per heavy atom. The van der Waals surface area contributed by atoms with E-state index in [9.17, 15) is 14.5 Å². The molecule has 4 nitrogen and oxygen atoms in total. The minimum absolute atomic E-state index is 0.182. The SMILES string of the molecule is Cc1cc(NC2CC(C)CC(C)C2)c([N+](=O)[O-])cc1F. The summed E-state index contributed by atoms with van der Waals surface area (Å²) in [5.41, 5.74) is 0.675. The second-order valence-corrected chi connectivity index (χ2v) is 6.13. The van der Waals surface area contributed by atoms with E-state index in [0.717, 1.165) is 18.9 Å². The van der Waals surface area contributed by atoms with Gasteiger partial charge in [0.15, 0.2) is 0 Å². The molecular weight excluding hydrogens is 259 g/mol. The second-order valence-electron chi connectivity index (χ2n) is 6.13. The molecule has 2 rings (SSSR count). The molecule has 0 amide bonds. The zero-order chi connectivity index (χ0) is 14.9. The van der Waals surface area contributed by atoms with E-state index in [1.807, 2.05) is 0 Å². The summed E-state index contributed by atoms with van der Waals surface area (Å²) in [5.74, 6) is 0.682. The third kappa shape index (κ3) is 3.26. The maximum absolute atomic E-state index is 13.5. The summed E-state index contributed by atoms with van der Waals surface area (Å²) in [4.78, 5) is 10.5. The highest BCUT2D eigenvalue weighted by atomic mass is 19.1. The van der Waals surface area contributed by atoms with Crippen molar-refractivity contribution in [3.8, 4) is 0 Å². The number of rotatable bonds is 3. The smallest absolute Gasteiger partial charge is 0.295 e. The highest BCUT2D eigenvalue weighted by Crippen LogP contribution is 2.34. The summed E-state index contributed by atoms with van der Waals surface area (Å²) >= 11 is 0. The number of aryl methyl sites for hydroxylation is 1. The maximum atomic E-state index is 13.5. The predicted octanol–water partition coefficient (Wildman–Crippen LogP) is 4.28. The molecule has 1 fully saturated rings. The molecule has 0 radical (unpaired) electrons. The number of nitrogens with zero attached hydrogens (tertiary/aromatic N) is 1. The van der Waals surface area contributed by atoms with Crippen LogP contribution in [0.3, 0.4) is 0 Å². The molecule has 5 heteroatoms. The van der Waals surface area contributed by atoms with Gasteiger partial charge in [-0.05, 0) is 49.7 Å². The van der Waals surface area contributed by atoms with E-state index in [1.54, 1.807) is 6.92 Å². The first kappa shape index (κ1) is 14.8. The third-order valence-corrected chi connectivity index (χ3v) is 4.01. The first-order valence-electron chi connectivity index (χ1n) is 7.08. The Bertz CT molecular complexity index is 509. The first-order chi connectivity index (χ1) is 9.36. The van der Waals surface area contributed by atoms with Crippen LogP contribution in [0.2, 0.25) is 0 Å². The molecular formula is C15H21FN2O2. The molecule has 1 aliphatic carbocycles. The minimum atomic E-state index is -0.535. The molecule has 0 bridgehead atoms. The Balaban J connectivity index is 2.24. The Morgan fingerprint density at radius 3 is 2.40 bits per heavy atom. The van der Waals surface area contributed by atoms with Crippen molar-refractivity contribution >= 4 is 11.4 Å². The van der Waals surface area contributed by atoms with Crippen molar-refractivity contribution in [2.24, 2.45) is 11.8 Å². The van der Waals surface area contributed by atoms with E-state index < -0.39 is 10.7 Å². The van der Waals surface area contributed by atoms with Crippen LogP contribution in [-0.2, 0) is 0 Å². The number of hydrogen-bond acceptors (Lipinski definition) is 3. The summed E-state index contributed by atoms with van der Waals surface area (Å²) in [6, 6.07) is 2.77. The van der Waals surface area contributed by atoms with Crippen LogP contribution in [0, 0.1) is 34.7 Å². The molecule has 1 N–H and O–H groups in total. The zero-order valence-corrected chi connectivity index (χ0v) is 12.1. The molecule has 1 aromatic rings.